The van der Waals surface area contributed by atoms with Crippen molar-refractivity contribution in [3.63, 3.8) is 0 Å². The van der Waals surface area contributed by atoms with E-state index in [1.807, 2.05) is 13.8 Å². The van der Waals surface area contributed by atoms with Crippen molar-refractivity contribution < 1.29 is 23.4 Å². The SMILES string of the molecule is CCCOc1ccc(NC(=O)Cc2ccc(OC)c(F)c2)cc1OCCC. The molecule has 0 aromatic heterocycles. The van der Waals surface area contributed by atoms with E-state index in [1.165, 1.54) is 19.2 Å². The third kappa shape index (κ3) is 6.16. The Balaban J connectivity index is 2.06. The minimum absolute atomic E-state index is 0.0557. The van der Waals surface area contributed by atoms with Crippen LogP contribution in [0.2, 0.25) is 0 Å². The van der Waals surface area contributed by atoms with Gasteiger partial charge in [0.15, 0.2) is 23.1 Å². The smallest absolute Gasteiger partial charge is 0.228 e. The quantitative estimate of drug-likeness (QED) is 0.660. The highest BCUT2D eigenvalue weighted by Gasteiger charge is 2.11. The fraction of sp³-hybridized carbons (Fsp3) is 0.381. The average molecular weight is 375 g/mol. The number of carbonyl (C=O) groups is 1. The van der Waals surface area contributed by atoms with E-state index in [-0.39, 0.29) is 18.1 Å². The number of anilines is 1. The van der Waals surface area contributed by atoms with Gasteiger partial charge in [-0.25, -0.2) is 4.39 Å². The number of ether oxygens (including phenoxy) is 3. The zero-order valence-corrected chi connectivity index (χ0v) is 16.0. The number of hydrogen-bond acceptors (Lipinski definition) is 4. The Morgan fingerprint density at radius 3 is 2.26 bits per heavy atom. The molecule has 0 aliphatic rings. The summed E-state index contributed by atoms with van der Waals surface area (Å²) in [6, 6.07) is 9.76. The van der Waals surface area contributed by atoms with Gasteiger partial charge in [-0.15, -0.1) is 0 Å². The first kappa shape index (κ1) is 20.6. The molecule has 0 atom stereocenters. The van der Waals surface area contributed by atoms with E-state index in [0.29, 0.717) is 36.0 Å². The predicted molar refractivity (Wildman–Crippen MR) is 103 cm³/mol. The number of halogens is 1. The van der Waals surface area contributed by atoms with Crippen LogP contribution in [-0.2, 0) is 11.2 Å². The Kier molecular flexibility index (Phi) is 7.92. The molecule has 5 nitrogen and oxygen atoms in total. The number of methoxy groups -OCH3 is 1. The van der Waals surface area contributed by atoms with Gasteiger partial charge >= 0.3 is 0 Å². The second-order valence-corrected chi connectivity index (χ2v) is 6.05. The topological polar surface area (TPSA) is 56.8 Å². The molecule has 0 bridgehead atoms. The van der Waals surface area contributed by atoms with E-state index >= 15 is 0 Å². The minimum Gasteiger partial charge on any atom is -0.494 e. The van der Waals surface area contributed by atoms with Crippen molar-refractivity contribution in [3.05, 3.63) is 47.8 Å². The lowest BCUT2D eigenvalue weighted by Crippen LogP contribution is -2.14. The molecule has 2 aromatic carbocycles. The van der Waals surface area contributed by atoms with Crippen LogP contribution in [0.15, 0.2) is 36.4 Å². The Bertz CT molecular complexity index is 764. The van der Waals surface area contributed by atoms with Crippen molar-refractivity contribution in [2.24, 2.45) is 0 Å². The summed E-state index contributed by atoms with van der Waals surface area (Å²) in [7, 11) is 1.40. The number of nitrogens with one attached hydrogen (secondary N) is 1. The Hall–Kier alpha value is -2.76. The van der Waals surface area contributed by atoms with Gasteiger partial charge in [0.2, 0.25) is 5.91 Å². The molecular formula is C21H26FNO4. The summed E-state index contributed by atoms with van der Waals surface area (Å²) < 4.78 is 30.0. The van der Waals surface area contributed by atoms with Crippen LogP contribution in [0.1, 0.15) is 32.3 Å². The maximum Gasteiger partial charge on any atom is 0.228 e. The van der Waals surface area contributed by atoms with Gasteiger partial charge in [-0.05, 0) is 42.7 Å². The number of hydrogen-bond donors (Lipinski definition) is 1. The largest absolute Gasteiger partial charge is 0.494 e. The van der Waals surface area contributed by atoms with E-state index in [0.717, 1.165) is 12.8 Å². The highest BCUT2D eigenvalue weighted by Crippen LogP contribution is 2.31. The molecule has 2 rings (SSSR count). The first-order chi connectivity index (χ1) is 13.1. The molecule has 0 heterocycles. The third-order valence-corrected chi connectivity index (χ3v) is 3.73. The molecular weight excluding hydrogens is 349 g/mol. The predicted octanol–water partition coefficient (Wildman–Crippen LogP) is 4.59. The van der Waals surface area contributed by atoms with Crippen molar-refractivity contribution in [3.8, 4) is 17.2 Å². The number of benzene rings is 2. The highest BCUT2D eigenvalue weighted by atomic mass is 19.1. The third-order valence-electron chi connectivity index (χ3n) is 3.73. The fourth-order valence-corrected chi connectivity index (χ4v) is 2.45. The average Bonchev–Trinajstić information content (AvgIpc) is 2.65. The van der Waals surface area contributed by atoms with Gasteiger partial charge in [-0.1, -0.05) is 19.9 Å². The molecule has 0 aliphatic carbocycles. The molecule has 0 aliphatic heterocycles. The van der Waals surface area contributed by atoms with Gasteiger partial charge in [0.05, 0.1) is 26.7 Å². The van der Waals surface area contributed by atoms with Crippen molar-refractivity contribution in [2.75, 3.05) is 25.6 Å². The van der Waals surface area contributed by atoms with Gasteiger partial charge in [0.25, 0.3) is 0 Å². The van der Waals surface area contributed by atoms with E-state index in [2.05, 4.69) is 5.32 Å². The molecule has 27 heavy (non-hydrogen) atoms. The lowest BCUT2D eigenvalue weighted by Gasteiger charge is -2.14. The Morgan fingerprint density at radius 2 is 1.63 bits per heavy atom. The lowest BCUT2D eigenvalue weighted by molar-refractivity contribution is -0.115. The number of rotatable bonds is 10. The van der Waals surface area contributed by atoms with Gasteiger partial charge in [0.1, 0.15) is 0 Å². The van der Waals surface area contributed by atoms with E-state index in [9.17, 15) is 9.18 Å². The molecule has 1 amide bonds. The summed E-state index contributed by atoms with van der Waals surface area (Å²) in [6.45, 7) is 5.21. The van der Waals surface area contributed by atoms with Crippen LogP contribution in [0.3, 0.4) is 0 Å². The van der Waals surface area contributed by atoms with Crippen molar-refractivity contribution in [1.82, 2.24) is 0 Å². The number of carbonyl (C=O) groups excluding carboxylic acids is 1. The molecule has 1 N–H and O–H groups in total. The second kappa shape index (κ2) is 10.4. The summed E-state index contributed by atoms with van der Waals surface area (Å²) >= 11 is 0. The van der Waals surface area contributed by atoms with Crippen LogP contribution in [0, 0.1) is 5.82 Å². The Morgan fingerprint density at radius 1 is 0.963 bits per heavy atom. The zero-order valence-electron chi connectivity index (χ0n) is 16.0. The molecule has 2 aromatic rings. The first-order valence-corrected chi connectivity index (χ1v) is 9.09. The molecule has 0 saturated carbocycles. The van der Waals surface area contributed by atoms with Crippen LogP contribution in [-0.4, -0.2) is 26.2 Å². The summed E-state index contributed by atoms with van der Waals surface area (Å²) in [6.07, 6.45) is 1.82. The minimum atomic E-state index is -0.490. The van der Waals surface area contributed by atoms with Crippen LogP contribution in [0.5, 0.6) is 17.2 Å². The summed E-state index contributed by atoms with van der Waals surface area (Å²) in [5.41, 5.74) is 1.17. The van der Waals surface area contributed by atoms with E-state index in [1.54, 1.807) is 24.3 Å². The maximum absolute atomic E-state index is 13.8. The molecule has 0 unspecified atom stereocenters. The fourth-order valence-electron chi connectivity index (χ4n) is 2.45. The Labute approximate surface area is 159 Å². The van der Waals surface area contributed by atoms with Gasteiger partial charge in [-0.2, -0.15) is 0 Å². The lowest BCUT2D eigenvalue weighted by atomic mass is 10.1. The molecule has 0 fully saturated rings. The van der Waals surface area contributed by atoms with E-state index in [4.69, 9.17) is 14.2 Å². The summed E-state index contributed by atoms with van der Waals surface area (Å²) in [5, 5.41) is 2.81. The molecule has 0 saturated heterocycles. The highest BCUT2D eigenvalue weighted by molar-refractivity contribution is 5.92. The van der Waals surface area contributed by atoms with Crippen molar-refractivity contribution in [2.45, 2.75) is 33.1 Å². The molecule has 0 radical (unpaired) electrons. The normalized spacial score (nSPS) is 10.4. The first-order valence-electron chi connectivity index (χ1n) is 9.09. The monoisotopic (exact) mass is 375 g/mol. The second-order valence-electron chi connectivity index (χ2n) is 6.05. The van der Waals surface area contributed by atoms with Gasteiger partial charge < -0.3 is 19.5 Å². The zero-order chi connectivity index (χ0) is 19.6. The summed E-state index contributed by atoms with van der Waals surface area (Å²) in [5.74, 6) is 0.664. The van der Waals surface area contributed by atoms with Gasteiger partial charge in [0, 0.05) is 11.8 Å². The van der Waals surface area contributed by atoms with E-state index < -0.39 is 5.82 Å². The van der Waals surface area contributed by atoms with Crippen LogP contribution < -0.4 is 19.5 Å². The summed E-state index contributed by atoms with van der Waals surface area (Å²) in [4.78, 5) is 12.3. The van der Waals surface area contributed by atoms with Crippen molar-refractivity contribution in [1.29, 1.82) is 0 Å². The number of amides is 1. The molecule has 6 heteroatoms. The maximum atomic E-state index is 13.8. The van der Waals surface area contributed by atoms with Gasteiger partial charge in [-0.3, -0.25) is 4.79 Å². The van der Waals surface area contributed by atoms with Crippen LogP contribution in [0.4, 0.5) is 10.1 Å². The standard InChI is InChI=1S/C21H26FNO4/c1-4-10-26-19-9-7-16(14-20(19)27-11-5-2)23-21(24)13-15-6-8-18(25-3)17(22)12-15/h6-9,12,14H,4-5,10-11,13H2,1-3H3,(H,23,24). The molecule has 0 spiro atoms. The molecule has 146 valence electrons. The van der Waals surface area contributed by atoms with Crippen LogP contribution >= 0.6 is 0 Å². The van der Waals surface area contributed by atoms with Crippen LogP contribution in [0.25, 0.3) is 0 Å². The van der Waals surface area contributed by atoms with Crippen molar-refractivity contribution >= 4 is 11.6 Å².